The second-order valence-corrected chi connectivity index (χ2v) is 4.71. The quantitative estimate of drug-likeness (QED) is 0.802. The molecule has 0 fully saturated rings. The highest BCUT2D eigenvalue weighted by Gasteiger charge is 2.04. The van der Waals surface area contributed by atoms with E-state index in [1.807, 2.05) is 48.5 Å². The maximum atomic E-state index is 5.88. The largest absolute Gasteiger partial charge is 0.362 e. The van der Waals surface area contributed by atoms with Gasteiger partial charge in [-0.15, -0.1) is 5.10 Å². The molecule has 104 valence electrons. The molecule has 0 aliphatic heterocycles. The third kappa shape index (κ3) is 3.27. The maximum absolute atomic E-state index is 5.88. The molecule has 21 heavy (non-hydrogen) atoms. The van der Waals surface area contributed by atoms with Crippen LogP contribution in [0.15, 0.2) is 60.8 Å². The van der Waals surface area contributed by atoms with Gasteiger partial charge in [0.1, 0.15) is 0 Å². The predicted octanol–water partition coefficient (Wildman–Crippen LogP) is 3.40. The van der Waals surface area contributed by atoms with E-state index < -0.39 is 0 Å². The molecule has 0 spiro atoms. The average molecular weight is 298 g/mol. The Kier molecular flexibility index (Phi) is 3.93. The summed E-state index contributed by atoms with van der Waals surface area (Å²) in [6, 6.07) is 17.2. The van der Waals surface area contributed by atoms with Crippen molar-refractivity contribution in [3.63, 3.8) is 0 Å². The molecule has 3 aromatic rings. The molecular weight excluding hydrogens is 286 g/mol. The fourth-order valence-electron chi connectivity index (χ4n) is 1.81. The lowest BCUT2D eigenvalue weighted by Gasteiger charge is -2.02. The van der Waals surface area contributed by atoms with Crippen LogP contribution in [0.3, 0.4) is 0 Å². The standard InChI is InChI=1S/C15H12ClN5/c16-12-6-8-14(9-7-12)21-15(18-19-20-21)10-11-17-13-4-2-1-3-5-13/h1-11,17H. The first-order chi connectivity index (χ1) is 10.3. The van der Waals surface area contributed by atoms with Gasteiger partial charge in [0.25, 0.3) is 0 Å². The van der Waals surface area contributed by atoms with Gasteiger partial charge >= 0.3 is 0 Å². The van der Waals surface area contributed by atoms with Crippen molar-refractivity contribution in [2.75, 3.05) is 5.32 Å². The van der Waals surface area contributed by atoms with Gasteiger partial charge in [0, 0.05) is 23.0 Å². The fraction of sp³-hybridized carbons (Fsp3) is 0. The van der Waals surface area contributed by atoms with Crippen molar-refractivity contribution >= 4 is 23.4 Å². The van der Waals surface area contributed by atoms with Gasteiger partial charge in [-0.25, -0.2) is 0 Å². The van der Waals surface area contributed by atoms with Crippen molar-refractivity contribution in [3.8, 4) is 5.69 Å². The summed E-state index contributed by atoms with van der Waals surface area (Å²) >= 11 is 5.88. The number of nitrogens with one attached hydrogen (secondary N) is 1. The van der Waals surface area contributed by atoms with Gasteiger partial charge in [-0.2, -0.15) is 4.68 Å². The third-order valence-electron chi connectivity index (χ3n) is 2.82. The van der Waals surface area contributed by atoms with E-state index in [1.165, 1.54) is 0 Å². The van der Waals surface area contributed by atoms with Crippen LogP contribution in [-0.2, 0) is 0 Å². The van der Waals surface area contributed by atoms with E-state index in [-0.39, 0.29) is 0 Å². The molecule has 1 N–H and O–H groups in total. The van der Waals surface area contributed by atoms with Crippen LogP contribution < -0.4 is 5.32 Å². The summed E-state index contributed by atoms with van der Waals surface area (Å²) in [5, 5.41) is 15.5. The monoisotopic (exact) mass is 297 g/mol. The topological polar surface area (TPSA) is 55.6 Å². The van der Waals surface area contributed by atoms with Crippen LogP contribution in [0.5, 0.6) is 0 Å². The molecule has 1 aromatic heterocycles. The van der Waals surface area contributed by atoms with Crippen molar-refractivity contribution in [2.45, 2.75) is 0 Å². The highest BCUT2D eigenvalue weighted by Crippen LogP contribution is 2.14. The van der Waals surface area contributed by atoms with Gasteiger partial charge < -0.3 is 5.32 Å². The summed E-state index contributed by atoms with van der Waals surface area (Å²) < 4.78 is 1.64. The fourth-order valence-corrected chi connectivity index (χ4v) is 1.94. The Balaban J connectivity index is 1.78. The zero-order valence-corrected chi connectivity index (χ0v) is 11.8. The summed E-state index contributed by atoms with van der Waals surface area (Å²) in [4.78, 5) is 0. The summed E-state index contributed by atoms with van der Waals surface area (Å²) in [5.41, 5.74) is 1.85. The van der Waals surface area contributed by atoms with E-state index in [4.69, 9.17) is 11.6 Å². The van der Waals surface area contributed by atoms with E-state index in [0.29, 0.717) is 10.8 Å². The molecule has 0 saturated heterocycles. The number of hydrogen-bond acceptors (Lipinski definition) is 4. The molecule has 3 rings (SSSR count). The van der Waals surface area contributed by atoms with E-state index in [0.717, 1.165) is 11.4 Å². The first kappa shape index (κ1) is 13.3. The normalized spacial score (nSPS) is 10.9. The number of anilines is 1. The van der Waals surface area contributed by atoms with Gasteiger partial charge in [-0.05, 0) is 46.8 Å². The number of nitrogens with zero attached hydrogens (tertiary/aromatic N) is 4. The Labute approximate surface area is 126 Å². The predicted molar refractivity (Wildman–Crippen MR) is 83.3 cm³/mol. The minimum absolute atomic E-state index is 0.626. The lowest BCUT2D eigenvalue weighted by Crippen LogP contribution is -1.99. The molecular formula is C15H12ClN5. The van der Waals surface area contributed by atoms with E-state index in [2.05, 4.69) is 20.8 Å². The molecule has 1 heterocycles. The molecule has 0 bridgehead atoms. The van der Waals surface area contributed by atoms with Crippen molar-refractivity contribution in [1.29, 1.82) is 0 Å². The van der Waals surface area contributed by atoms with Crippen LogP contribution in [0.1, 0.15) is 5.82 Å². The van der Waals surface area contributed by atoms with Crippen LogP contribution in [0.4, 0.5) is 5.69 Å². The number of para-hydroxylation sites is 1. The maximum Gasteiger partial charge on any atom is 0.181 e. The van der Waals surface area contributed by atoms with Crippen LogP contribution in [0.25, 0.3) is 11.8 Å². The zero-order chi connectivity index (χ0) is 14.5. The highest BCUT2D eigenvalue weighted by molar-refractivity contribution is 6.30. The summed E-state index contributed by atoms with van der Waals surface area (Å²) in [6.07, 6.45) is 3.61. The first-order valence-corrected chi connectivity index (χ1v) is 6.73. The summed E-state index contributed by atoms with van der Waals surface area (Å²) in [7, 11) is 0. The minimum atomic E-state index is 0.626. The Morgan fingerprint density at radius 2 is 1.76 bits per heavy atom. The number of rotatable bonds is 4. The van der Waals surface area contributed by atoms with Crippen LogP contribution >= 0.6 is 11.6 Å². The average Bonchev–Trinajstić information content (AvgIpc) is 2.98. The minimum Gasteiger partial charge on any atom is -0.362 e. The Hall–Kier alpha value is -2.66. The van der Waals surface area contributed by atoms with Gasteiger partial charge in [-0.3, -0.25) is 0 Å². The molecule has 0 amide bonds. The van der Waals surface area contributed by atoms with E-state index in [9.17, 15) is 0 Å². The second-order valence-electron chi connectivity index (χ2n) is 4.27. The van der Waals surface area contributed by atoms with Crippen LogP contribution in [-0.4, -0.2) is 20.2 Å². The smallest absolute Gasteiger partial charge is 0.181 e. The number of tetrazole rings is 1. The molecule has 5 nitrogen and oxygen atoms in total. The van der Waals surface area contributed by atoms with Gasteiger partial charge in [0.15, 0.2) is 5.82 Å². The second kappa shape index (κ2) is 6.19. The number of benzene rings is 2. The van der Waals surface area contributed by atoms with Crippen molar-refractivity contribution in [3.05, 3.63) is 71.6 Å². The lowest BCUT2D eigenvalue weighted by molar-refractivity contribution is 0.787. The number of halogens is 1. The Morgan fingerprint density at radius 3 is 2.52 bits per heavy atom. The molecule has 0 radical (unpaired) electrons. The molecule has 2 aromatic carbocycles. The van der Waals surface area contributed by atoms with E-state index in [1.54, 1.807) is 23.0 Å². The molecule has 0 unspecified atom stereocenters. The lowest BCUT2D eigenvalue weighted by atomic mass is 10.3. The molecule has 0 aliphatic carbocycles. The molecule has 0 aliphatic rings. The number of aromatic nitrogens is 4. The summed E-state index contributed by atoms with van der Waals surface area (Å²) in [6.45, 7) is 0. The van der Waals surface area contributed by atoms with Crippen LogP contribution in [0, 0.1) is 0 Å². The SMILES string of the molecule is Clc1ccc(-n2nnnc2C=CNc2ccccc2)cc1. The van der Waals surface area contributed by atoms with Crippen molar-refractivity contribution < 1.29 is 0 Å². The van der Waals surface area contributed by atoms with Gasteiger partial charge in [0.2, 0.25) is 0 Å². The van der Waals surface area contributed by atoms with Crippen molar-refractivity contribution in [2.24, 2.45) is 0 Å². The number of hydrogen-bond donors (Lipinski definition) is 1. The van der Waals surface area contributed by atoms with Gasteiger partial charge in [-0.1, -0.05) is 29.8 Å². The molecule has 6 heteroatoms. The first-order valence-electron chi connectivity index (χ1n) is 6.35. The third-order valence-corrected chi connectivity index (χ3v) is 3.07. The van der Waals surface area contributed by atoms with Gasteiger partial charge in [0.05, 0.1) is 5.69 Å². The van der Waals surface area contributed by atoms with Crippen molar-refractivity contribution in [1.82, 2.24) is 20.2 Å². The van der Waals surface area contributed by atoms with Crippen LogP contribution in [0.2, 0.25) is 5.02 Å². The Bertz CT molecular complexity index is 734. The highest BCUT2D eigenvalue weighted by atomic mass is 35.5. The molecule has 0 saturated carbocycles. The zero-order valence-electron chi connectivity index (χ0n) is 11.0. The summed E-state index contributed by atoms with van der Waals surface area (Å²) in [5.74, 6) is 0.626. The Morgan fingerprint density at radius 1 is 1.00 bits per heavy atom. The molecule has 0 atom stereocenters. The van der Waals surface area contributed by atoms with E-state index >= 15 is 0 Å².